The number of aryl methyl sites for hydroxylation is 1. The van der Waals surface area contributed by atoms with Crippen LogP contribution in [0.4, 0.5) is 11.4 Å². The van der Waals surface area contributed by atoms with Crippen LogP contribution in [0.15, 0.2) is 36.7 Å². The van der Waals surface area contributed by atoms with E-state index in [1.54, 1.807) is 0 Å². The molecule has 2 aliphatic heterocycles. The zero-order chi connectivity index (χ0) is 19.1. The number of benzene rings is 1. The Morgan fingerprint density at radius 2 is 2.00 bits per heavy atom. The predicted molar refractivity (Wildman–Crippen MR) is 114 cm³/mol. The van der Waals surface area contributed by atoms with Gasteiger partial charge in [-0.3, -0.25) is 0 Å². The number of fused-ring (bicyclic) bond motifs is 2. The normalized spacial score (nSPS) is 19.9. The van der Waals surface area contributed by atoms with Crippen LogP contribution < -0.4 is 15.1 Å². The Kier molecular flexibility index (Phi) is 4.43. The zero-order valence-corrected chi connectivity index (χ0v) is 16.7. The first-order valence-corrected chi connectivity index (χ1v) is 10.4. The van der Waals surface area contributed by atoms with Crippen molar-refractivity contribution in [3.63, 3.8) is 0 Å². The third-order valence-corrected chi connectivity index (χ3v) is 6.15. The summed E-state index contributed by atoms with van der Waals surface area (Å²) >= 11 is 0. The molecule has 5 rings (SSSR count). The van der Waals surface area contributed by atoms with Crippen molar-refractivity contribution in [3.8, 4) is 0 Å². The molecule has 1 aromatic carbocycles. The maximum Gasteiger partial charge on any atom is 0.159 e. The van der Waals surface area contributed by atoms with Crippen molar-refractivity contribution < 1.29 is 0 Å². The van der Waals surface area contributed by atoms with Crippen molar-refractivity contribution in [1.29, 1.82) is 0 Å². The van der Waals surface area contributed by atoms with E-state index in [1.165, 1.54) is 22.5 Å². The summed E-state index contributed by atoms with van der Waals surface area (Å²) in [6.07, 6.45) is 3.88. The first kappa shape index (κ1) is 17.5. The Hall–Kier alpha value is -2.60. The average molecular weight is 377 g/mol. The van der Waals surface area contributed by atoms with Crippen LogP contribution in [0, 0.1) is 0 Å². The topological polar surface area (TPSA) is 49.2 Å². The van der Waals surface area contributed by atoms with E-state index < -0.39 is 0 Å². The fourth-order valence-corrected chi connectivity index (χ4v) is 4.66. The molecule has 3 aromatic rings. The summed E-state index contributed by atoms with van der Waals surface area (Å²) in [7, 11) is 0. The van der Waals surface area contributed by atoms with Crippen molar-refractivity contribution in [2.24, 2.45) is 0 Å². The van der Waals surface area contributed by atoms with Gasteiger partial charge in [0, 0.05) is 57.7 Å². The fourth-order valence-electron chi connectivity index (χ4n) is 4.66. The number of rotatable bonds is 3. The van der Waals surface area contributed by atoms with E-state index >= 15 is 0 Å². The van der Waals surface area contributed by atoms with Gasteiger partial charge in [0.15, 0.2) is 5.65 Å². The lowest BCUT2D eigenvalue weighted by Crippen LogP contribution is -2.43. The minimum absolute atomic E-state index is 0.496. The van der Waals surface area contributed by atoms with Crippen molar-refractivity contribution in [1.82, 2.24) is 20.1 Å². The second-order valence-electron chi connectivity index (χ2n) is 7.93. The Labute approximate surface area is 166 Å². The minimum Gasteiger partial charge on any atom is -0.369 e. The van der Waals surface area contributed by atoms with Crippen LogP contribution in [0.5, 0.6) is 0 Å². The number of aromatic nitrogens is 3. The third kappa shape index (κ3) is 2.92. The van der Waals surface area contributed by atoms with Gasteiger partial charge in [0.25, 0.3) is 0 Å². The summed E-state index contributed by atoms with van der Waals surface area (Å²) in [5, 5.41) is 9.10. The molecule has 0 saturated carbocycles. The summed E-state index contributed by atoms with van der Waals surface area (Å²) in [5.41, 5.74) is 6.53. The van der Waals surface area contributed by atoms with Gasteiger partial charge in [-0.1, -0.05) is 13.0 Å². The van der Waals surface area contributed by atoms with Gasteiger partial charge in [0.05, 0.1) is 17.3 Å². The van der Waals surface area contributed by atoms with Crippen molar-refractivity contribution in [2.45, 2.75) is 32.9 Å². The number of nitrogens with one attached hydrogen (secondary N) is 1. The SMILES string of the molecule is CCn1ncc2c(N3Cc4ccc(N5CCNCC5)cc4[C@@H](C)C3)ccnc21. The van der Waals surface area contributed by atoms with E-state index in [4.69, 9.17) is 0 Å². The monoisotopic (exact) mass is 376 g/mol. The van der Waals surface area contributed by atoms with E-state index in [9.17, 15) is 0 Å². The molecule has 4 heterocycles. The van der Waals surface area contributed by atoms with E-state index in [0.717, 1.165) is 56.8 Å². The lowest BCUT2D eigenvalue weighted by Gasteiger charge is -2.36. The number of anilines is 2. The third-order valence-electron chi connectivity index (χ3n) is 6.15. The molecule has 2 aromatic heterocycles. The van der Waals surface area contributed by atoms with E-state index in [-0.39, 0.29) is 0 Å². The molecule has 146 valence electrons. The van der Waals surface area contributed by atoms with Crippen molar-refractivity contribution in [3.05, 3.63) is 47.8 Å². The molecule has 1 fully saturated rings. The molecular formula is C22H28N6. The van der Waals surface area contributed by atoms with Crippen LogP contribution in [0.1, 0.15) is 30.9 Å². The van der Waals surface area contributed by atoms with Crippen LogP contribution >= 0.6 is 0 Å². The highest BCUT2D eigenvalue weighted by atomic mass is 15.3. The number of piperazine rings is 1. The van der Waals surface area contributed by atoms with E-state index in [0.29, 0.717) is 5.92 Å². The summed E-state index contributed by atoms with van der Waals surface area (Å²) in [6.45, 7) is 11.6. The highest BCUT2D eigenvalue weighted by molar-refractivity contribution is 5.89. The van der Waals surface area contributed by atoms with E-state index in [2.05, 4.69) is 63.3 Å². The van der Waals surface area contributed by atoms with Crippen LogP contribution in [0.2, 0.25) is 0 Å². The Morgan fingerprint density at radius 3 is 2.82 bits per heavy atom. The molecule has 1 N–H and O–H groups in total. The van der Waals surface area contributed by atoms with Gasteiger partial charge in [-0.15, -0.1) is 0 Å². The summed E-state index contributed by atoms with van der Waals surface area (Å²) in [5.74, 6) is 0.496. The zero-order valence-electron chi connectivity index (χ0n) is 16.7. The van der Waals surface area contributed by atoms with Gasteiger partial charge < -0.3 is 15.1 Å². The molecule has 2 aliphatic rings. The second-order valence-corrected chi connectivity index (χ2v) is 7.93. The molecular weight excluding hydrogens is 348 g/mol. The van der Waals surface area contributed by atoms with Crippen molar-refractivity contribution in [2.75, 3.05) is 42.5 Å². The molecule has 1 atom stereocenters. The molecule has 0 amide bonds. The molecule has 0 unspecified atom stereocenters. The highest BCUT2D eigenvalue weighted by Gasteiger charge is 2.25. The fraction of sp³-hybridized carbons (Fsp3) is 0.455. The molecule has 28 heavy (non-hydrogen) atoms. The molecule has 0 bridgehead atoms. The maximum absolute atomic E-state index is 4.56. The molecule has 6 heteroatoms. The van der Waals surface area contributed by atoms with Crippen LogP contribution in [0.3, 0.4) is 0 Å². The van der Waals surface area contributed by atoms with Gasteiger partial charge >= 0.3 is 0 Å². The van der Waals surface area contributed by atoms with Crippen LogP contribution in [-0.4, -0.2) is 47.5 Å². The number of pyridine rings is 1. The number of hydrogen-bond donors (Lipinski definition) is 1. The van der Waals surface area contributed by atoms with Gasteiger partial charge in [-0.05, 0) is 42.2 Å². The molecule has 0 spiro atoms. The van der Waals surface area contributed by atoms with Crippen LogP contribution in [-0.2, 0) is 13.1 Å². The summed E-state index contributed by atoms with van der Waals surface area (Å²) in [6, 6.07) is 9.21. The van der Waals surface area contributed by atoms with Crippen molar-refractivity contribution >= 4 is 22.4 Å². The lowest BCUT2D eigenvalue weighted by molar-refractivity contribution is 0.587. The second kappa shape index (κ2) is 7.09. The smallest absolute Gasteiger partial charge is 0.159 e. The molecule has 0 radical (unpaired) electrons. The summed E-state index contributed by atoms with van der Waals surface area (Å²) in [4.78, 5) is 9.55. The summed E-state index contributed by atoms with van der Waals surface area (Å²) < 4.78 is 1.97. The largest absolute Gasteiger partial charge is 0.369 e. The standard InChI is InChI=1S/C22H28N6/c1-3-28-22-20(13-25-28)21(6-7-24-22)27-14-16(2)19-12-18(5-4-17(19)15-27)26-10-8-23-9-11-26/h4-7,12-13,16,23H,3,8-11,14-15H2,1-2H3/t16-/m0/s1. The van der Waals surface area contributed by atoms with E-state index in [1.807, 2.05) is 17.1 Å². The molecule has 0 aliphatic carbocycles. The van der Waals surface area contributed by atoms with Gasteiger partial charge in [-0.25, -0.2) is 9.67 Å². The Morgan fingerprint density at radius 1 is 1.14 bits per heavy atom. The first-order chi connectivity index (χ1) is 13.7. The van der Waals surface area contributed by atoms with Gasteiger partial charge in [0.1, 0.15) is 0 Å². The number of nitrogens with zero attached hydrogens (tertiary/aromatic N) is 5. The van der Waals surface area contributed by atoms with Gasteiger partial charge in [0.2, 0.25) is 0 Å². The quantitative estimate of drug-likeness (QED) is 0.762. The highest BCUT2D eigenvalue weighted by Crippen LogP contribution is 2.36. The molecule has 6 nitrogen and oxygen atoms in total. The first-order valence-electron chi connectivity index (χ1n) is 10.4. The van der Waals surface area contributed by atoms with Gasteiger partial charge in [-0.2, -0.15) is 5.10 Å². The maximum atomic E-state index is 4.56. The Balaban J connectivity index is 1.46. The molecule has 1 saturated heterocycles. The number of hydrogen-bond acceptors (Lipinski definition) is 5. The Bertz CT molecular complexity index is 988. The van der Waals surface area contributed by atoms with Crippen LogP contribution in [0.25, 0.3) is 11.0 Å². The predicted octanol–water partition coefficient (Wildman–Crippen LogP) is 2.98. The minimum atomic E-state index is 0.496. The lowest BCUT2D eigenvalue weighted by atomic mass is 9.90. The average Bonchev–Trinajstić information content (AvgIpc) is 3.17.